The maximum atomic E-state index is 14.0. The number of Topliss-reactive ketones (excluding diaryl/α,β-unsaturated/α-hetero) is 1. The van der Waals surface area contributed by atoms with Crippen LogP contribution in [-0.4, -0.2) is 55.5 Å². The molecule has 1 saturated heterocycles. The molecule has 9 heteroatoms. The largest absolute Gasteiger partial charge is 0.445 e. The van der Waals surface area contributed by atoms with E-state index in [0.29, 0.717) is 48.4 Å². The normalized spacial score (nSPS) is 21.7. The fourth-order valence-corrected chi connectivity index (χ4v) is 7.58. The van der Waals surface area contributed by atoms with Gasteiger partial charge in [-0.05, 0) is 81.0 Å². The van der Waals surface area contributed by atoms with Crippen LogP contribution in [0.1, 0.15) is 81.5 Å². The number of thiazole rings is 1. The summed E-state index contributed by atoms with van der Waals surface area (Å²) in [4.78, 5) is 38.8. The van der Waals surface area contributed by atoms with Crippen molar-refractivity contribution < 1.29 is 24.2 Å². The van der Waals surface area contributed by atoms with Gasteiger partial charge in [0.1, 0.15) is 11.3 Å². The van der Waals surface area contributed by atoms with Crippen LogP contribution in [0.5, 0.6) is 0 Å². The highest BCUT2D eigenvalue weighted by atomic mass is 32.1. The number of aliphatic hydroxyl groups excluding tert-OH is 2. The number of aryl methyl sites for hydroxylation is 1. The van der Waals surface area contributed by atoms with Crippen LogP contribution < -0.4 is 0 Å². The van der Waals surface area contributed by atoms with E-state index < -0.39 is 12.2 Å². The summed E-state index contributed by atoms with van der Waals surface area (Å²) in [5.41, 5.74) is 3.33. The second-order valence-electron chi connectivity index (χ2n) is 11.9. The van der Waals surface area contributed by atoms with Crippen LogP contribution in [0.15, 0.2) is 70.8 Å². The molecule has 3 heterocycles. The molecule has 0 bridgehead atoms. The third-order valence-corrected chi connectivity index (χ3v) is 9.88. The summed E-state index contributed by atoms with van der Waals surface area (Å²) >= 11 is 1.57. The molecule has 0 spiro atoms. The molecule has 2 aromatic carbocycles. The maximum Gasteiger partial charge on any atom is 0.254 e. The molecule has 1 aliphatic heterocycles. The van der Waals surface area contributed by atoms with E-state index in [0.717, 1.165) is 35.5 Å². The summed E-state index contributed by atoms with van der Waals surface area (Å²) in [6.45, 7) is 2.57. The Kier molecular flexibility index (Phi) is 8.83. The molecule has 1 saturated carbocycles. The topological polar surface area (TPSA) is 117 Å². The molecule has 5 atom stereocenters. The zero-order chi connectivity index (χ0) is 29.9. The quantitative estimate of drug-likeness (QED) is 0.214. The molecular weight excluding hydrogens is 562 g/mol. The number of carbonyl (C=O) groups is 2. The summed E-state index contributed by atoms with van der Waals surface area (Å²) in [7, 11) is 0. The highest BCUT2D eigenvalue weighted by Crippen LogP contribution is 2.37. The molecule has 0 radical (unpaired) electrons. The van der Waals surface area contributed by atoms with Gasteiger partial charge in [0.2, 0.25) is 5.89 Å². The number of benzene rings is 2. The van der Waals surface area contributed by atoms with Gasteiger partial charge in [0.05, 0.1) is 24.4 Å². The zero-order valence-electron chi connectivity index (χ0n) is 24.3. The Morgan fingerprint density at radius 1 is 1.12 bits per heavy atom. The van der Waals surface area contributed by atoms with Crippen LogP contribution in [0, 0.1) is 18.8 Å². The highest BCUT2D eigenvalue weighted by molar-refractivity contribution is 7.09. The number of aliphatic hydroxyl groups is 2. The lowest BCUT2D eigenvalue weighted by atomic mass is 9.81. The smallest absolute Gasteiger partial charge is 0.254 e. The molecule has 2 aromatic heterocycles. The number of hydrogen-bond acceptors (Lipinski definition) is 8. The van der Waals surface area contributed by atoms with Crippen molar-refractivity contribution in [2.24, 2.45) is 11.8 Å². The van der Waals surface area contributed by atoms with E-state index in [-0.39, 0.29) is 36.0 Å². The Bertz CT molecular complexity index is 1550. The maximum absolute atomic E-state index is 14.0. The summed E-state index contributed by atoms with van der Waals surface area (Å²) in [5.74, 6) is -0.383. The van der Waals surface area contributed by atoms with Crippen LogP contribution in [0.4, 0.5) is 0 Å². The van der Waals surface area contributed by atoms with Crippen molar-refractivity contribution in [3.63, 3.8) is 0 Å². The average molecular weight is 600 g/mol. The Balaban J connectivity index is 1.30. The van der Waals surface area contributed by atoms with Crippen molar-refractivity contribution in [1.29, 1.82) is 0 Å². The van der Waals surface area contributed by atoms with Gasteiger partial charge in [-0.1, -0.05) is 30.3 Å². The zero-order valence-corrected chi connectivity index (χ0v) is 25.1. The first kappa shape index (κ1) is 29.4. The van der Waals surface area contributed by atoms with Gasteiger partial charge in [-0.15, -0.1) is 11.3 Å². The van der Waals surface area contributed by atoms with Crippen LogP contribution in [0.25, 0.3) is 11.5 Å². The summed E-state index contributed by atoms with van der Waals surface area (Å²) in [6, 6.07) is 14.9. The lowest BCUT2D eigenvalue weighted by molar-refractivity contribution is 0.0401. The standard InChI is InChI=1S/C34H37N3O5S/c1-21-20-43-33(36-21)29-8-5-12-37(29)34(41)27-16-24(15-26(17-27)32-35-11-13-42-32)30(39)19-25(14-22-6-3-2-4-7-22)31(40)23-9-10-28(38)18-23/h2-4,6-7,11,13,15-17,20,23,25,28-29,31,38,40H,5,8-10,12,14,18-19H2,1H3/t23-,25-,28+,29-,31-/m1/s1. The minimum atomic E-state index is -0.732. The third-order valence-electron chi connectivity index (χ3n) is 8.82. The third kappa shape index (κ3) is 6.64. The molecule has 1 aliphatic carbocycles. The minimum absolute atomic E-state index is 0.0612. The Morgan fingerprint density at radius 3 is 2.63 bits per heavy atom. The van der Waals surface area contributed by atoms with Gasteiger partial charge in [0.25, 0.3) is 5.91 Å². The van der Waals surface area contributed by atoms with Gasteiger partial charge in [0.15, 0.2) is 5.78 Å². The lowest BCUT2D eigenvalue weighted by Gasteiger charge is -2.27. The summed E-state index contributed by atoms with van der Waals surface area (Å²) in [6.07, 6.45) is 6.16. The van der Waals surface area contributed by atoms with Crippen LogP contribution in [-0.2, 0) is 6.42 Å². The SMILES string of the molecule is Cc1csc([C@H]2CCCN2C(=O)c2cc(C(=O)C[C@@H](Cc3ccccc3)[C@H](O)[C@@H]3CC[C@H](O)C3)cc(-c3ncco3)c2)n1. The number of rotatable bonds is 10. The second-order valence-corrected chi connectivity index (χ2v) is 12.8. The number of oxazole rings is 1. The molecule has 1 amide bonds. The average Bonchev–Trinajstić information content (AvgIpc) is 3.84. The van der Waals surface area contributed by atoms with Gasteiger partial charge in [-0.3, -0.25) is 9.59 Å². The van der Waals surface area contributed by atoms with Crippen molar-refractivity contribution >= 4 is 23.0 Å². The fourth-order valence-electron chi connectivity index (χ4n) is 6.63. The van der Waals surface area contributed by atoms with E-state index in [2.05, 4.69) is 9.97 Å². The van der Waals surface area contributed by atoms with E-state index in [1.807, 2.05) is 47.5 Å². The Labute approximate surface area is 255 Å². The lowest BCUT2D eigenvalue weighted by Crippen LogP contribution is -2.32. The van der Waals surface area contributed by atoms with E-state index >= 15 is 0 Å². The molecule has 43 heavy (non-hydrogen) atoms. The van der Waals surface area contributed by atoms with Gasteiger partial charge in [0, 0.05) is 40.7 Å². The van der Waals surface area contributed by atoms with Gasteiger partial charge < -0.3 is 19.5 Å². The summed E-state index contributed by atoms with van der Waals surface area (Å²) in [5, 5.41) is 24.5. The second kappa shape index (κ2) is 12.9. The van der Waals surface area contributed by atoms with Crippen molar-refractivity contribution in [1.82, 2.24) is 14.9 Å². The first-order chi connectivity index (χ1) is 20.9. The molecule has 2 N–H and O–H groups in total. The number of likely N-dealkylation sites (tertiary alicyclic amines) is 1. The molecule has 224 valence electrons. The van der Waals surface area contributed by atoms with Crippen molar-refractivity contribution in [3.8, 4) is 11.5 Å². The fraction of sp³-hybridized carbons (Fsp3) is 0.412. The predicted octanol–water partition coefficient (Wildman–Crippen LogP) is 6.04. The number of hydrogen-bond donors (Lipinski definition) is 2. The molecule has 4 aromatic rings. The number of amides is 1. The molecule has 8 nitrogen and oxygen atoms in total. The van der Waals surface area contributed by atoms with Crippen molar-refractivity contribution in [3.05, 3.63) is 93.8 Å². The van der Waals surface area contributed by atoms with Crippen LogP contribution >= 0.6 is 11.3 Å². The van der Waals surface area contributed by atoms with E-state index in [1.54, 1.807) is 29.5 Å². The Hall–Kier alpha value is -3.66. The Morgan fingerprint density at radius 2 is 1.93 bits per heavy atom. The highest BCUT2D eigenvalue weighted by Gasteiger charge is 2.36. The van der Waals surface area contributed by atoms with E-state index in [9.17, 15) is 19.8 Å². The molecule has 2 aliphatic rings. The molecule has 0 unspecified atom stereocenters. The van der Waals surface area contributed by atoms with E-state index in [1.165, 1.54) is 12.5 Å². The minimum Gasteiger partial charge on any atom is -0.445 e. The van der Waals surface area contributed by atoms with Gasteiger partial charge in [-0.2, -0.15) is 0 Å². The summed E-state index contributed by atoms with van der Waals surface area (Å²) < 4.78 is 5.56. The molecular formula is C34H37N3O5S. The van der Waals surface area contributed by atoms with E-state index in [4.69, 9.17) is 4.42 Å². The number of carbonyl (C=O) groups excluding carboxylic acids is 2. The van der Waals surface area contributed by atoms with Crippen LogP contribution in [0.3, 0.4) is 0 Å². The molecule has 6 rings (SSSR count). The first-order valence-electron chi connectivity index (χ1n) is 15.1. The van der Waals surface area contributed by atoms with Crippen molar-refractivity contribution in [2.45, 2.75) is 70.1 Å². The predicted molar refractivity (Wildman–Crippen MR) is 164 cm³/mol. The number of nitrogens with zero attached hydrogens (tertiary/aromatic N) is 3. The first-order valence-corrected chi connectivity index (χ1v) is 15.9. The molecule has 2 fully saturated rings. The monoisotopic (exact) mass is 599 g/mol. The van der Waals surface area contributed by atoms with Gasteiger partial charge >= 0.3 is 0 Å². The number of aromatic nitrogens is 2. The van der Waals surface area contributed by atoms with Crippen molar-refractivity contribution in [2.75, 3.05) is 6.54 Å². The van der Waals surface area contributed by atoms with Gasteiger partial charge in [-0.25, -0.2) is 9.97 Å². The van der Waals surface area contributed by atoms with Crippen LogP contribution in [0.2, 0.25) is 0 Å². The number of ketones is 1.